The number of likely N-dealkylation sites (tertiary alicyclic amines) is 1. The molecule has 0 saturated carbocycles. The molecule has 0 aromatic carbocycles. The number of nitrogens with two attached hydrogens (primary N) is 1. The second-order valence-corrected chi connectivity index (χ2v) is 5.17. The van der Waals surface area contributed by atoms with Gasteiger partial charge in [-0.2, -0.15) is 11.3 Å². The molecule has 1 aromatic heterocycles. The standard InChI is InChI=1S/C12H16N2O2S/c13-12(16)10-2-1-4-14(7-10)11(15)6-9-3-5-17-8-9/h3,5,8,10H,1-2,4,6-7H2,(H2,13,16). The van der Waals surface area contributed by atoms with Gasteiger partial charge in [0, 0.05) is 13.1 Å². The van der Waals surface area contributed by atoms with E-state index in [2.05, 4.69) is 0 Å². The molecule has 1 aliphatic heterocycles. The first-order valence-electron chi connectivity index (χ1n) is 5.75. The van der Waals surface area contributed by atoms with Crippen molar-refractivity contribution in [2.45, 2.75) is 19.3 Å². The van der Waals surface area contributed by atoms with Gasteiger partial charge in [0.15, 0.2) is 0 Å². The number of piperidine rings is 1. The average molecular weight is 252 g/mol. The van der Waals surface area contributed by atoms with Crippen LogP contribution in [-0.4, -0.2) is 29.8 Å². The molecule has 17 heavy (non-hydrogen) atoms. The quantitative estimate of drug-likeness (QED) is 0.872. The maximum Gasteiger partial charge on any atom is 0.227 e. The van der Waals surface area contributed by atoms with Gasteiger partial charge in [-0.1, -0.05) is 0 Å². The number of nitrogens with zero attached hydrogens (tertiary/aromatic N) is 1. The fourth-order valence-corrected chi connectivity index (χ4v) is 2.78. The normalized spacial score (nSPS) is 20.2. The maximum atomic E-state index is 12.0. The van der Waals surface area contributed by atoms with Crippen molar-refractivity contribution in [1.29, 1.82) is 0 Å². The highest BCUT2D eigenvalue weighted by atomic mass is 32.1. The van der Waals surface area contributed by atoms with Crippen molar-refractivity contribution in [3.05, 3.63) is 22.4 Å². The van der Waals surface area contributed by atoms with Gasteiger partial charge in [0.1, 0.15) is 0 Å². The Labute approximate surface area is 104 Å². The van der Waals surface area contributed by atoms with Crippen molar-refractivity contribution in [3.63, 3.8) is 0 Å². The van der Waals surface area contributed by atoms with Gasteiger partial charge in [0.2, 0.25) is 11.8 Å². The Morgan fingerprint density at radius 1 is 1.53 bits per heavy atom. The molecule has 2 N–H and O–H groups in total. The first kappa shape index (κ1) is 12.1. The van der Waals surface area contributed by atoms with Crippen LogP contribution in [0.3, 0.4) is 0 Å². The summed E-state index contributed by atoms with van der Waals surface area (Å²) in [6.07, 6.45) is 2.09. The molecule has 92 valence electrons. The van der Waals surface area contributed by atoms with E-state index in [-0.39, 0.29) is 17.7 Å². The zero-order valence-electron chi connectivity index (χ0n) is 9.59. The molecule has 1 aromatic rings. The van der Waals surface area contributed by atoms with Crippen LogP contribution in [0.5, 0.6) is 0 Å². The van der Waals surface area contributed by atoms with Gasteiger partial charge >= 0.3 is 0 Å². The number of hydrogen-bond donors (Lipinski definition) is 1. The highest BCUT2D eigenvalue weighted by Gasteiger charge is 2.26. The molecule has 0 radical (unpaired) electrons. The van der Waals surface area contributed by atoms with Gasteiger partial charge in [0.25, 0.3) is 0 Å². The van der Waals surface area contributed by atoms with Crippen LogP contribution >= 0.6 is 11.3 Å². The Hall–Kier alpha value is -1.36. The van der Waals surface area contributed by atoms with E-state index >= 15 is 0 Å². The first-order chi connectivity index (χ1) is 8.16. The number of thiophene rings is 1. The lowest BCUT2D eigenvalue weighted by atomic mass is 9.97. The Kier molecular flexibility index (Phi) is 3.78. The van der Waals surface area contributed by atoms with E-state index in [4.69, 9.17) is 5.73 Å². The fourth-order valence-electron chi connectivity index (χ4n) is 2.12. The minimum Gasteiger partial charge on any atom is -0.369 e. The lowest BCUT2D eigenvalue weighted by molar-refractivity contribution is -0.134. The van der Waals surface area contributed by atoms with Crippen molar-refractivity contribution < 1.29 is 9.59 Å². The second-order valence-electron chi connectivity index (χ2n) is 4.39. The van der Waals surface area contributed by atoms with Crippen LogP contribution in [0.15, 0.2) is 16.8 Å². The largest absolute Gasteiger partial charge is 0.369 e. The molecule has 1 aliphatic rings. The van der Waals surface area contributed by atoms with E-state index in [1.165, 1.54) is 0 Å². The minimum atomic E-state index is -0.293. The molecule has 1 fully saturated rings. The van der Waals surface area contributed by atoms with Crippen LogP contribution < -0.4 is 5.73 Å². The van der Waals surface area contributed by atoms with E-state index in [0.29, 0.717) is 13.0 Å². The summed E-state index contributed by atoms with van der Waals surface area (Å²) in [6, 6.07) is 1.96. The van der Waals surface area contributed by atoms with Gasteiger partial charge in [-0.25, -0.2) is 0 Å². The zero-order chi connectivity index (χ0) is 12.3. The molecule has 0 aliphatic carbocycles. The Bertz CT molecular complexity index is 403. The smallest absolute Gasteiger partial charge is 0.227 e. The number of hydrogen-bond acceptors (Lipinski definition) is 3. The van der Waals surface area contributed by atoms with E-state index in [1.807, 2.05) is 16.8 Å². The third-order valence-corrected chi connectivity index (χ3v) is 3.84. The number of carbonyl (C=O) groups is 2. The summed E-state index contributed by atoms with van der Waals surface area (Å²) in [5.74, 6) is -0.373. The number of carbonyl (C=O) groups excluding carboxylic acids is 2. The predicted octanol–water partition coefficient (Wildman–Crippen LogP) is 1.01. The fraction of sp³-hybridized carbons (Fsp3) is 0.500. The van der Waals surface area contributed by atoms with Crippen LogP contribution in [-0.2, 0) is 16.0 Å². The lowest BCUT2D eigenvalue weighted by Crippen LogP contribution is -2.44. The van der Waals surface area contributed by atoms with E-state index in [0.717, 1.165) is 24.9 Å². The van der Waals surface area contributed by atoms with E-state index < -0.39 is 0 Å². The zero-order valence-corrected chi connectivity index (χ0v) is 10.4. The predicted molar refractivity (Wildman–Crippen MR) is 66.5 cm³/mol. The van der Waals surface area contributed by atoms with Crippen LogP contribution in [0.1, 0.15) is 18.4 Å². The summed E-state index contributed by atoms with van der Waals surface area (Å²) in [5.41, 5.74) is 6.33. The Balaban J connectivity index is 1.93. The number of amides is 2. The van der Waals surface area contributed by atoms with Gasteiger partial charge in [0.05, 0.1) is 12.3 Å². The summed E-state index contributed by atoms with van der Waals surface area (Å²) in [6.45, 7) is 1.23. The molecule has 1 saturated heterocycles. The molecule has 0 bridgehead atoms. The van der Waals surface area contributed by atoms with Gasteiger partial charge in [-0.15, -0.1) is 0 Å². The first-order valence-corrected chi connectivity index (χ1v) is 6.69. The molecule has 2 amide bonds. The van der Waals surface area contributed by atoms with Crippen molar-refractivity contribution in [3.8, 4) is 0 Å². The summed E-state index contributed by atoms with van der Waals surface area (Å²) in [5, 5.41) is 3.94. The third-order valence-electron chi connectivity index (χ3n) is 3.11. The second kappa shape index (κ2) is 5.31. The molecule has 1 unspecified atom stereocenters. The third kappa shape index (κ3) is 3.06. The van der Waals surface area contributed by atoms with Gasteiger partial charge in [-0.05, 0) is 35.2 Å². The van der Waals surface area contributed by atoms with Crippen molar-refractivity contribution in [1.82, 2.24) is 4.90 Å². The Morgan fingerprint density at radius 3 is 3.00 bits per heavy atom. The number of primary amides is 1. The molecule has 2 heterocycles. The molecule has 0 spiro atoms. The van der Waals surface area contributed by atoms with Crippen LogP contribution in [0.25, 0.3) is 0 Å². The highest BCUT2D eigenvalue weighted by Crippen LogP contribution is 2.17. The molecular formula is C12H16N2O2S. The maximum absolute atomic E-state index is 12.0. The number of rotatable bonds is 3. The van der Waals surface area contributed by atoms with Gasteiger partial charge in [-0.3, -0.25) is 9.59 Å². The monoisotopic (exact) mass is 252 g/mol. The van der Waals surface area contributed by atoms with Crippen LogP contribution in [0, 0.1) is 5.92 Å². The lowest BCUT2D eigenvalue weighted by Gasteiger charge is -2.31. The van der Waals surface area contributed by atoms with Crippen LogP contribution in [0.4, 0.5) is 0 Å². The topological polar surface area (TPSA) is 63.4 Å². The summed E-state index contributed by atoms with van der Waals surface area (Å²) >= 11 is 1.59. The summed E-state index contributed by atoms with van der Waals surface area (Å²) in [4.78, 5) is 24.9. The minimum absolute atomic E-state index is 0.0920. The van der Waals surface area contributed by atoms with Gasteiger partial charge < -0.3 is 10.6 Å². The highest BCUT2D eigenvalue weighted by molar-refractivity contribution is 7.07. The van der Waals surface area contributed by atoms with E-state index in [9.17, 15) is 9.59 Å². The summed E-state index contributed by atoms with van der Waals surface area (Å²) in [7, 11) is 0. The average Bonchev–Trinajstić information content (AvgIpc) is 2.82. The molecular weight excluding hydrogens is 236 g/mol. The Morgan fingerprint density at radius 2 is 2.35 bits per heavy atom. The van der Waals surface area contributed by atoms with Crippen LogP contribution in [0.2, 0.25) is 0 Å². The van der Waals surface area contributed by atoms with Crippen molar-refractivity contribution in [2.75, 3.05) is 13.1 Å². The molecule has 5 heteroatoms. The molecule has 1 atom stereocenters. The van der Waals surface area contributed by atoms with Crippen molar-refractivity contribution in [2.24, 2.45) is 11.7 Å². The van der Waals surface area contributed by atoms with E-state index in [1.54, 1.807) is 16.2 Å². The molecule has 2 rings (SSSR count). The van der Waals surface area contributed by atoms with Crippen molar-refractivity contribution >= 4 is 23.2 Å². The molecule has 4 nitrogen and oxygen atoms in total. The summed E-state index contributed by atoms with van der Waals surface area (Å²) < 4.78 is 0. The SMILES string of the molecule is NC(=O)C1CCCN(C(=O)Cc2ccsc2)C1.